The van der Waals surface area contributed by atoms with E-state index >= 15 is 0 Å². The lowest BCUT2D eigenvalue weighted by Gasteiger charge is -2.32. The normalized spacial score (nSPS) is 25.3. The van der Waals surface area contributed by atoms with Crippen molar-refractivity contribution in [2.75, 3.05) is 0 Å². The molecule has 0 aliphatic heterocycles. The van der Waals surface area contributed by atoms with Crippen molar-refractivity contribution in [3.8, 4) is 0 Å². The molecule has 2 rings (SSSR count). The number of rotatable bonds is 4. The molecule has 1 aliphatic rings. The van der Waals surface area contributed by atoms with Crippen molar-refractivity contribution in [2.24, 2.45) is 17.6 Å². The Balaban J connectivity index is 2.01. The monoisotopic (exact) mass is 327 g/mol. The van der Waals surface area contributed by atoms with Crippen LogP contribution in [0.15, 0.2) is 22.7 Å². The van der Waals surface area contributed by atoms with Gasteiger partial charge >= 0.3 is 0 Å². The van der Waals surface area contributed by atoms with Crippen LogP contribution in [-0.4, -0.2) is 0 Å². The summed E-state index contributed by atoms with van der Waals surface area (Å²) in [6, 6.07) is 5.25. The quantitative estimate of drug-likeness (QED) is 0.808. The number of hydrogen-bond donors (Lipinski definition) is 1. The van der Waals surface area contributed by atoms with E-state index < -0.39 is 0 Å². The van der Waals surface area contributed by atoms with Crippen molar-refractivity contribution >= 4 is 15.9 Å². The highest BCUT2D eigenvalue weighted by molar-refractivity contribution is 9.10. The first kappa shape index (κ1) is 15.0. The van der Waals surface area contributed by atoms with E-state index in [4.69, 9.17) is 5.73 Å². The molecule has 1 aliphatic carbocycles. The number of nitrogens with two attached hydrogens (primary N) is 1. The van der Waals surface area contributed by atoms with Crippen LogP contribution in [0, 0.1) is 17.7 Å². The average molecular weight is 328 g/mol. The van der Waals surface area contributed by atoms with E-state index in [1.54, 1.807) is 6.07 Å². The maximum atomic E-state index is 14.1. The zero-order valence-electron chi connectivity index (χ0n) is 11.5. The van der Waals surface area contributed by atoms with Crippen LogP contribution >= 0.6 is 15.9 Å². The van der Waals surface area contributed by atoms with Crippen LogP contribution in [0.4, 0.5) is 4.39 Å². The molecule has 1 saturated carbocycles. The Labute approximate surface area is 123 Å². The molecule has 106 valence electrons. The zero-order chi connectivity index (χ0) is 13.8. The van der Waals surface area contributed by atoms with E-state index in [0.717, 1.165) is 18.8 Å². The molecule has 0 spiro atoms. The van der Waals surface area contributed by atoms with E-state index in [-0.39, 0.29) is 11.9 Å². The average Bonchev–Trinajstić information content (AvgIpc) is 2.42. The van der Waals surface area contributed by atoms with E-state index in [0.29, 0.717) is 16.0 Å². The van der Waals surface area contributed by atoms with Gasteiger partial charge in [0.2, 0.25) is 0 Å². The molecule has 0 amide bonds. The first-order valence-corrected chi connectivity index (χ1v) is 8.12. The zero-order valence-corrected chi connectivity index (χ0v) is 13.1. The second-order valence-corrected chi connectivity index (χ2v) is 6.59. The van der Waals surface area contributed by atoms with Crippen molar-refractivity contribution in [2.45, 2.75) is 51.5 Å². The van der Waals surface area contributed by atoms with E-state index in [2.05, 4.69) is 22.9 Å². The van der Waals surface area contributed by atoms with Crippen LogP contribution in [0.1, 0.15) is 57.1 Å². The Morgan fingerprint density at radius 2 is 2.00 bits per heavy atom. The minimum atomic E-state index is -0.189. The van der Waals surface area contributed by atoms with Crippen LogP contribution in [0.5, 0.6) is 0 Å². The van der Waals surface area contributed by atoms with Crippen molar-refractivity contribution in [1.29, 1.82) is 0 Å². The largest absolute Gasteiger partial charge is 0.324 e. The first-order chi connectivity index (χ1) is 9.13. The summed E-state index contributed by atoms with van der Waals surface area (Å²) in [6.45, 7) is 2.24. The van der Waals surface area contributed by atoms with Gasteiger partial charge in [-0.25, -0.2) is 4.39 Å². The minimum absolute atomic E-state index is 0.167. The topological polar surface area (TPSA) is 26.0 Å². The van der Waals surface area contributed by atoms with Crippen LogP contribution in [0.2, 0.25) is 0 Å². The molecule has 0 aromatic heterocycles. The molecule has 1 aromatic carbocycles. The summed E-state index contributed by atoms with van der Waals surface area (Å²) in [5.41, 5.74) is 6.96. The van der Waals surface area contributed by atoms with Gasteiger partial charge in [-0.1, -0.05) is 44.7 Å². The summed E-state index contributed by atoms with van der Waals surface area (Å²) in [5, 5.41) is 0. The lowest BCUT2D eigenvalue weighted by atomic mass is 9.76. The van der Waals surface area contributed by atoms with Crippen molar-refractivity contribution in [3.05, 3.63) is 34.1 Å². The molecule has 0 bridgehead atoms. The first-order valence-electron chi connectivity index (χ1n) is 7.33. The molecule has 0 radical (unpaired) electrons. The predicted octanol–water partition coefficient (Wildman–Crippen LogP) is 5.19. The van der Waals surface area contributed by atoms with Gasteiger partial charge in [0.25, 0.3) is 0 Å². The molecule has 1 atom stereocenters. The van der Waals surface area contributed by atoms with Gasteiger partial charge in [-0.2, -0.15) is 0 Å². The van der Waals surface area contributed by atoms with Gasteiger partial charge in [-0.05, 0) is 46.7 Å². The van der Waals surface area contributed by atoms with E-state index in [1.807, 2.05) is 12.1 Å². The highest BCUT2D eigenvalue weighted by atomic mass is 79.9. The lowest BCUT2D eigenvalue weighted by Crippen LogP contribution is -2.26. The summed E-state index contributed by atoms with van der Waals surface area (Å²) in [6.07, 6.45) is 7.37. The molecule has 1 aromatic rings. The van der Waals surface area contributed by atoms with E-state index in [9.17, 15) is 4.39 Å². The van der Waals surface area contributed by atoms with Crippen molar-refractivity contribution in [1.82, 2.24) is 0 Å². The summed E-state index contributed by atoms with van der Waals surface area (Å²) in [4.78, 5) is 0. The number of halogens is 2. The van der Waals surface area contributed by atoms with E-state index in [1.165, 1.54) is 25.7 Å². The second kappa shape index (κ2) is 6.85. The third kappa shape index (κ3) is 3.57. The maximum absolute atomic E-state index is 14.1. The third-order valence-corrected chi connectivity index (χ3v) is 5.05. The van der Waals surface area contributed by atoms with Crippen LogP contribution in [0.3, 0.4) is 0 Å². The van der Waals surface area contributed by atoms with Gasteiger partial charge in [0.05, 0.1) is 4.47 Å². The SMILES string of the molecule is CCCC1CCC(C(N)c2cccc(Br)c2F)CC1. The summed E-state index contributed by atoms with van der Waals surface area (Å²) < 4.78 is 14.6. The van der Waals surface area contributed by atoms with Crippen LogP contribution in [-0.2, 0) is 0 Å². The standard InChI is InChI=1S/C16H23BrFN/c1-2-4-11-7-9-12(10-8-11)16(19)13-5-3-6-14(17)15(13)18/h3,5-6,11-12,16H,2,4,7-10,19H2,1H3. The third-order valence-electron chi connectivity index (χ3n) is 4.44. The molecule has 3 heteroatoms. The Morgan fingerprint density at radius 1 is 1.32 bits per heavy atom. The smallest absolute Gasteiger partial charge is 0.142 e. The molecule has 1 nitrogen and oxygen atoms in total. The van der Waals surface area contributed by atoms with Gasteiger partial charge in [0.1, 0.15) is 5.82 Å². The molecular formula is C16H23BrFN. The number of benzene rings is 1. The number of hydrogen-bond acceptors (Lipinski definition) is 1. The fraction of sp³-hybridized carbons (Fsp3) is 0.625. The van der Waals surface area contributed by atoms with Gasteiger partial charge in [0, 0.05) is 11.6 Å². The Bertz CT molecular complexity index is 413. The fourth-order valence-corrected chi connectivity index (χ4v) is 3.66. The summed E-state index contributed by atoms with van der Waals surface area (Å²) >= 11 is 3.24. The fourth-order valence-electron chi connectivity index (χ4n) is 3.28. The van der Waals surface area contributed by atoms with Gasteiger partial charge in [-0.15, -0.1) is 0 Å². The van der Waals surface area contributed by atoms with Gasteiger partial charge in [0.15, 0.2) is 0 Å². The molecule has 19 heavy (non-hydrogen) atoms. The van der Waals surface area contributed by atoms with Crippen molar-refractivity contribution in [3.63, 3.8) is 0 Å². The Kier molecular flexibility index (Phi) is 5.40. The Morgan fingerprint density at radius 3 is 2.63 bits per heavy atom. The summed E-state index contributed by atoms with van der Waals surface area (Å²) in [7, 11) is 0. The molecule has 1 unspecified atom stereocenters. The maximum Gasteiger partial charge on any atom is 0.142 e. The minimum Gasteiger partial charge on any atom is -0.324 e. The molecule has 2 N–H and O–H groups in total. The molecular weight excluding hydrogens is 305 g/mol. The highest BCUT2D eigenvalue weighted by Crippen LogP contribution is 2.38. The molecule has 0 heterocycles. The predicted molar refractivity (Wildman–Crippen MR) is 81.4 cm³/mol. The highest BCUT2D eigenvalue weighted by Gasteiger charge is 2.27. The lowest BCUT2D eigenvalue weighted by molar-refractivity contribution is 0.232. The van der Waals surface area contributed by atoms with Crippen LogP contribution < -0.4 is 5.73 Å². The van der Waals surface area contributed by atoms with Crippen LogP contribution in [0.25, 0.3) is 0 Å². The van der Waals surface area contributed by atoms with Gasteiger partial charge in [-0.3, -0.25) is 0 Å². The van der Waals surface area contributed by atoms with Gasteiger partial charge < -0.3 is 5.73 Å². The second-order valence-electron chi connectivity index (χ2n) is 5.74. The molecule has 0 saturated heterocycles. The Hall–Kier alpha value is -0.410. The van der Waals surface area contributed by atoms with Crippen molar-refractivity contribution < 1.29 is 4.39 Å². The molecule has 1 fully saturated rings. The summed E-state index contributed by atoms with van der Waals surface area (Å²) in [5.74, 6) is 1.10.